The van der Waals surface area contributed by atoms with Crippen molar-refractivity contribution in [3.63, 3.8) is 0 Å². The first-order chi connectivity index (χ1) is 11.0. The Morgan fingerprint density at radius 1 is 1.30 bits per heavy atom. The highest BCUT2D eigenvalue weighted by molar-refractivity contribution is 9.10. The Morgan fingerprint density at radius 2 is 2.13 bits per heavy atom. The van der Waals surface area contributed by atoms with Gasteiger partial charge in [-0.15, -0.1) is 0 Å². The van der Waals surface area contributed by atoms with Gasteiger partial charge in [0, 0.05) is 24.5 Å². The van der Waals surface area contributed by atoms with E-state index in [9.17, 15) is 4.79 Å². The van der Waals surface area contributed by atoms with Gasteiger partial charge in [0.15, 0.2) is 5.13 Å². The molecule has 0 spiro atoms. The second-order valence-electron chi connectivity index (χ2n) is 5.73. The Balaban J connectivity index is 1.74. The normalized spacial score (nSPS) is 14.3. The number of rotatable bonds is 1. The minimum Gasteiger partial charge on any atom is -0.343 e. The molecule has 1 aromatic carbocycles. The lowest BCUT2D eigenvalue weighted by Gasteiger charge is -2.27. The summed E-state index contributed by atoms with van der Waals surface area (Å²) in [7, 11) is 1.78. The van der Waals surface area contributed by atoms with Gasteiger partial charge in [0.05, 0.1) is 28.0 Å². The summed E-state index contributed by atoms with van der Waals surface area (Å²) in [6, 6.07) is 6.10. The van der Waals surface area contributed by atoms with Crippen LogP contribution in [0.2, 0.25) is 0 Å². The average molecular weight is 391 g/mol. The number of aryl methyl sites for hydroxylation is 1. The maximum Gasteiger partial charge on any atom is 0.258 e. The van der Waals surface area contributed by atoms with Gasteiger partial charge in [-0.05, 0) is 25.1 Å². The van der Waals surface area contributed by atoms with E-state index in [0.717, 1.165) is 49.9 Å². The van der Waals surface area contributed by atoms with E-state index in [1.54, 1.807) is 23.0 Å². The standard InChI is InChI=1S/C16H15BrN4OS/c1-9-18-12-5-6-21(8-11(12)15(22)20(9)2)16-19-13-4-3-10(17)7-14(13)23-16/h3-4,7H,5-6,8H2,1-2H3. The quantitative estimate of drug-likeness (QED) is 0.640. The number of aromatic nitrogens is 3. The Labute approximate surface area is 145 Å². The minimum atomic E-state index is 0.0565. The van der Waals surface area contributed by atoms with Crippen LogP contribution in [0.3, 0.4) is 0 Å². The highest BCUT2D eigenvalue weighted by Crippen LogP contribution is 2.32. The van der Waals surface area contributed by atoms with E-state index in [0.29, 0.717) is 6.54 Å². The number of thiazole rings is 1. The molecule has 0 amide bonds. The molecule has 23 heavy (non-hydrogen) atoms. The summed E-state index contributed by atoms with van der Waals surface area (Å²) in [5, 5.41) is 0.964. The van der Waals surface area contributed by atoms with Crippen LogP contribution >= 0.6 is 27.3 Å². The number of benzene rings is 1. The fourth-order valence-corrected chi connectivity index (χ4v) is 4.41. The Bertz CT molecular complexity index is 978. The Morgan fingerprint density at radius 3 is 2.96 bits per heavy atom. The first kappa shape index (κ1) is 14.8. The fraction of sp³-hybridized carbons (Fsp3) is 0.312. The first-order valence-electron chi connectivity index (χ1n) is 7.39. The zero-order valence-electron chi connectivity index (χ0n) is 12.8. The molecule has 5 nitrogen and oxygen atoms in total. The molecule has 0 unspecified atom stereocenters. The molecular formula is C16H15BrN4OS. The summed E-state index contributed by atoms with van der Waals surface area (Å²) in [4.78, 5) is 24.0. The van der Waals surface area contributed by atoms with Crippen molar-refractivity contribution in [2.45, 2.75) is 19.9 Å². The van der Waals surface area contributed by atoms with Crippen LogP contribution in [0.4, 0.5) is 5.13 Å². The molecule has 0 radical (unpaired) electrons. The van der Waals surface area contributed by atoms with Crippen molar-refractivity contribution in [1.29, 1.82) is 0 Å². The molecule has 0 atom stereocenters. The van der Waals surface area contributed by atoms with Crippen LogP contribution in [0.25, 0.3) is 10.2 Å². The van der Waals surface area contributed by atoms with E-state index in [4.69, 9.17) is 4.98 Å². The van der Waals surface area contributed by atoms with E-state index < -0.39 is 0 Å². The SMILES string of the molecule is Cc1nc2c(c(=O)n1C)CN(c1nc3ccc(Br)cc3s1)CC2. The fourth-order valence-electron chi connectivity index (χ4n) is 2.87. The van der Waals surface area contributed by atoms with Crippen molar-refractivity contribution in [3.8, 4) is 0 Å². The molecular weight excluding hydrogens is 376 g/mol. The van der Waals surface area contributed by atoms with Gasteiger partial charge < -0.3 is 4.90 Å². The molecule has 3 heterocycles. The summed E-state index contributed by atoms with van der Waals surface area (Å²) in [6.45, 7) is 3.29. The molecule has 4 rings (SSSR count). The molecule has 1 aliphatic rings. The van der Waals surface area contributed by atoms with E-state index in [1.165, 1.54) is 0 Å². The molecule has 118 valence electrons. The van der Waals surface area contributed by atoms with Gasteiger partial charge in [-0.1, -0.05) is 27.3 Å². The molecule has 3 aromatic rings. The summed E-state index contributed by atoms with van der Waals surface area (Å²) in [5.41, 5.74) is 2.78. The zero-order valence-corrected chi connectivity index (χ0v) is 15.2. The van der Waals surface area contributed by atoms with Crippen molar-refractivity contribution in [2.24, 2.45) is 7.05 Å². The van der Waals surface area contributed by atoms with Gasteiger partial charge in [0.2, 0.25) is 0 Å². The van der Waals surface area contributed by atoms with Crippen molar-refractivity contribution in [1.82, 2.24) is 14.5 Å². The third kappa shape index (κ3) is 2.48. The predicted molar refractivity (Wildman–Crippen MR) is 96.3 cm³/mol. The summed E-state index contributed by atoms with van der Waals surface area (Å²) < 4.78 is 3.82. The van der Waals surface area contributed by atoms with Gasteiger partial charge in [0.1, 0.15) is 5.82 Å². The number of hydrogen-bond acceptors (Lipinski definition) is 5. The smallest absolute Gasteiger partial charge is 0.258 e. The number of fused-ring (bicyclic) bond motifs is 2. The van der Waals surface area contributed by atoms with E-state index in [-0.39, 0.29) is 5.56 Å². The predicted octanol–water partition coefficient (Wildman–Crippen LogP) is 3.02. The van der Waals surface area contributed by atoms with Crippen LogP contribution in [0, 0.1) is 6.92 Å². The van der Waals surface area contributed by atoms with E-state index in [2.05, 4.69) is 31.9 Å². The molecule has 1 aliphatic heterocycles. The maximum absolute atomic E-state index is 12.5. The lowest BCUT2D eigenvalue weighted by atomic mass is 10.1. The van der Waals surface area contributed by atoms with Gasteiger partial charge in [-0.3, -0.25) is 9.36 Å². The van der Waals surface area contributed by atoms with Gasteiger partial charge in [-0.2, -0.15) is 0 Å². The van der Waals surface area contributed by atoms with Gasteiger partial charge >= 0.3 is 0 Å². The second-order valence-corrected chi connectivity index (χ2v) is 7.65. The van der Waals surface area contributed by atoms with Crippen molar-refractivity contribution >= 4 is 42.6 Å². The average Bonchev–Trinajstić information content (AvgIpc) is 2.95. The molecule has 0 saturated carbocycles. The third-order valence-corrected chi connectivity index (χ3v) is 5.84. The van der Waals surface area contributed by atoms with Crippen molar-refractivity contribution < 1.29 is 0 Å². The topological polar surface area (TPSA) is 51.0 Å². The maximum atomic E-state index is 12.5. The van der Waals surface area contributed by atoms with Crippen molar-refractivity contribution in [3.05, 3.63) is 50.1 Å². The van der Waals surface area contributed by atoms with Crippen LogP contribution in [-0.2, 0) is 20.0 Å². The van der Waals surface area contributed by atoms with Crippen LogP contribution < -0.4 is 10.5 Å². The van der Waals surface area contributed by atoms with E-state index in [1.807, 2.05) is 19.1 Å². The Hall–Kier alpha value is -1.73. The largest absolute Gasteiger partial charge is 0.343 e. The van der Waals surface area contributed by atoms with Crippen LogP contribution in [-0.4, -0.2) is 21.1 Å². The number of anilines is 1. The van der Waals surface area contributed by atoms with Crippen molar-refractivity contribution in [2.75, 3.05) is 11.4 Å². The summed E-state index contributed by atoms with van der Waals surface area (Å²) >= 11 is 5.16. The van der Waals surface area contributed by atoms with Crippen LogP contribution in [0.5, 0.6) is 0 Å². The lowest BCUT2D eigenvalue weighted by Crippen LogP contribution is -2.38. The number of nitrogens with zero attached hydrogens (tertiary/aromatic N) is 4. The van der Waals surface area contributed by atoms with Gasteiger partial charge in [-0.25, -0.2) is 9.97 Å². The third-order valence-electron chi connectivity index (χ3n) is 4.27. The molecule has 0 bridgehead atoms. The monoisotopic (exact) mass is 390 g/mol. The highest BCUT2D eigenvalue weighted by atomic mass is 79.9. The first-order valence-corrected chi connectivity index (χ1v) is 9.00. The molecule has 0 aliphatic carbocycles. The molecule has 2 aromatic heterocycles. The summed E-state index contributed by atoms with van der Waals surface area (Å²) in [5.74, 6) is 0.770. The molecule has 0 saturated heterocycles. The van der Waals surface area contributed by atoms with Crippen LogP contribution in [0.1, 0.15) is 17.1 Å². The molecule has 0 fully saturated rings. The van der Waals surface area contributed by atoms with E-state index >= 15 is 0 Å². The molecule has 7 heteroatoms. The Kier molecular flexibility index (Phi) is 3.50. The zero-order chi connectivity index (χ0) is 16.1. The second kappa shape index (κ2) is 5.42. The van der Waals surface area contributed by atoms with Crippen LogP contribution in [0.15, 0.2) is 27.5 Å². The van der Waals surface area contributed by atoms with Gasteiger partial charge in [0.25, 0.3) is 5.56 Å². The summed E-state index contributed by atoms with van der Waals surface area (Å²) in [6.07, 6.45) is 0.784. The molecule has 0 N–H and O–H groups in total. The minimum absolute atomic E-state index is 0.0565. The number of halogens is 1. The highest BCUT2D eigenvalue weighted by Gasteiger charge is 2.24. The lowest BCUT2D eigenvalue weighted by molar-refractivity contribution is 0.654. The number of hydrogen-bond donors (Lipinski definition) is 0.